The Morgan fingerprint density at radius 3 is 2.81 bits per heavy atom. The number of hydrogen-bond acceptors (Lipinski definition) is 3. The van der Waals surface area contributed by atoms with Gasteiger partial charge < -0.3 is 10.1 Å². The van der Waals surface area contributed by atoms with Gasteiger partial charge >= 0.3 is 5.97 Å². The highest BCUT2D eigenvalue weighted by Crippen LogP contribution is 2.21. The number of esters is 1. The zero-order valence-electron chi connectivity index (χ0n) is 8.92. The number of benzene rings is 1. The fourth-order valence-corrected chi connectivity index (χ4v) is 1.62. The van der Waals surface area contributed by atoms with Crippen molar-refractivity contribution in [2.24, 2.45) is 0 Å². The summed E-state index contributed by atoms with van der Waals surface area (Å²) in [6.45, 7) is 2.15. The number of ether oxygens (including phenoxy) is 1. The lowest BCUT2D eigenvalue weighted by Crippen LogP contribution is -2.05. The van der Waals surface area contributed by atoms with E-state index in [1.807, 2.05) is 0 Å². The van der Waals surface area contributed by atoms with Gasteiger partial charge in [-0.05, 0) is 19.1 Å². The van der Waals surface area contributed by atoms with Crippen LogP contribution in [0, 0.1) is 5.82 Å². The van der Waals surface area contributed by atoms with Gasteiger partial charge in [-0.15, -0.1) is 0 Å². The van der Waals surface area contributed by atoms with E-state index in [0.717, 1.165) is 0 Å². The minimum atomic E-state index is -0.339. The predicted octanol–water partition coefficient (Wildman–Crippen LogP) is 2.46. The number of allylic oxidation sites excluding steroid dienone is 1. The lowest BCUT2D eigenvalue weighted by molar-refractivity contribution is -0.135. The average molecular weight is 221 g/mol. The average Bonchev–Trinajstić information content (AvgIpc) is 2.68. The summed E-state index contributed by atoms with van der Waals surface area (Å²) in [5, 5.41) is 2.89. The molecule has 16 heavy (non-hydrogen) atoms. The summed E-state index contributed by atoms with van der Waals surface area (Å²) in [6.07, 6.45) is 0.576. The third kappa shape index (κ3) is 2.05. The molecule has 84 valence electrons. The molecule has 0 bridgehead atoms. The molecule has 1 heterocycles. The van der Waals surface area contributed by atoms with Gasteiger partial charge in [0.05, 0.1) is 17.9 Å². The molecule has 0 amide bonds. The molecule has 4 heteroatoms. The van der Waals surface area contributed by atoms with Crippen LogP contribution in [0.1, 0.15) is 13.3 Å². The maximum absolute atomic E-state index is 13.3. The first kappa shape index (κ1) is 10.7. The SMILES string of the molecule is CC(Nc1ccccc1F)=C1CCOC1=O. The van der Waals surface area contributed by atoms with E-state index in [-0.39, 0.29) is 11.8 Å². The second-order valence-electron chi connectivity index (χ2n) is 3.59. The van der Waals surface area contributed by atoms with Gasteiger partial charge in [-0.2, -0.15) is 0 Å². The van der Waals surface area contributed by atoms with E-state index in [2.05, 4.69) is 5.32 Å². The van der Waals surface area contributed by atoms with Crippen LogP contribution in [-0.4, -0.2) is 12.6 Å². The molecule has 3 nitrogen and oxygen atoms in total. The number of carbonyl (C=O) groups is 1. The van der Waals surface area contributed by atoms with Crippen LogP contribution in [0.3, 0.4) is 0 Å². The van der Waals surface area contributed by atoms with Crippen LogP contribution < -0.4 is 5.32 Å². The Morgan fingerprint density at radius 2 is 2.19 bits per heavy atom. The lowest BCUT2D eigenvalue weighted by atomic mass is 10.2. The Balaban J connectivity index is 2.22. The number of rotatable bonds is 2. The summed E-state index contributed by atoms with van der Waals surface area (Å²) in [6, 6.07) is 6.34. The van der Waals surface area contributed by atoms with Gasteiger partial charge in [0.1, 0.15) is 5.82 Å². The van der Waals surface area contributed by atoms with Gasteiger partial charge in [-0.25, -0.2) is 9.18 Å². The monoisotopic (exact) mass is 221 g/mol. The number of halogens is 1. The van der Waals surface area contributed by atoms with Crippen molar-refractivity contribution in [1.82, 2.24) is 0 Å². The van der Waals surface area contributed by atoms with Gasteiger partial charge in [0.25, 0.3) is 0 Å². The molecule has 1 aromatic carbocycles. The maximum Gasteiger partial charge on any atom is 0.335 e. The van der Waals surface area contributed by atoms with Gasteiger partial charge in [0, 0.05) is 12.1 Å². The molecular weight excluding hydrogens is 209 g/mol. The minimum absolute atomic E-state index is 0.318. The number of anilines is 1. The van der Waals surface area contributed by atoms with Gasteiger partial charge in [0.2, 0.25) is 0 Å². The molecule has 2 rings (SSSR count). The summed E-state index contributed by atoms with van der Waals surface area (Å²) in [7, 11) is 0. The van der Waals surface area contributed by atoms with Crippen LogP contribution in [-0.2, 0) is 9.53 Å². The number of nitrogens with one attached hydrogen (secondary N) is 1. The molecule has 1 N–H and O–H groups in total. The largest absolute Gasteiger partial charge is 0.462 e. The van der Waals surface area contributed by atoms with Crippen LogP contribution in [0.2, 0.25) is 0 Å². The zero-order valence-corrected chi connectivity index (χ0v) is 8.92. The molecule has 0 atom stereocenters. The number of carbonyl (C=O) groups excluding carboxylic acids is 1. The lowest BCUT2D eigenvalue weighted by Gasteiger charge is -2.08. The van der Waals surface area contributed by atoms with E-state index in [9.17, 15) is 9.18 Å². The Kier molecular flexibility index (Phi) is 2.90. The highest BCUT2D eigenvalue weighted by atomic mass is 19.1. The quantitative estimate of drug-likeness (QED) is 0.615. The van der Waals surface area contributed by atoms with E-state index in [1.54, 1.807) is 25.1 Å². The van der Waals surface area contributed by atoms with E-state index < -0.39 is 0 Å². The number of para-hydroxylation sites is 1. The molecule has 0 aromatic heterocycles. The third-order valence-corrected chi connectivity index (χ3v) is 2.48. The summed E-state index contributed by atoms with van der Waals surface area (Å²) in [4.78, 5) is 11.3. The van der Waals surface area contributed by atoms with Crippen LogP contribution in [0.5, 0.6) is 0 Å². The molecule has 0 spiro atoms. The second-order valence-corrected chi connectivity index (χ2v) is 3.59. The predicted molar refractivity (Wildman–Crippen MR) is 58.3 cm³/mol. The van der Waals surface area contributed by atoms with Crippen LogP contribution in [0.25, 0.3) is 0 Å². The Morgan fingerprint density at radius 1 is 1.44 bits per heavy atom. The molecule has 1 aromatic rings. The van der Waals surface area contributed by atoms with Gasteiger partial charge in [-0.3, -0.25) is 0 Å². The van der Waals surface area contributed by atoms with Crippen molar-refractivity contribution in [3.8, 4) is 0 Å². The van der Waals surface area contributed by atoms with Gasteiger partial charge in [0.15, 0.2) is 0 Å². The van der Waals surface area contributed by atoms with Crippen LogP contribution in [0.4, 0.5) is 10.1 Å². The first-order valence-electron chi connectivity index (χ1n) is 5.07. The maximum atomic E-state index is 13.3. The molecule has 1 aliphatic heterocycles. The van der Waals surface area contributed by atoms with Crippen molar-refractivity contribution < 1.29 is 13.9 Å². The molecular formula is C12H12FNO2. The van der Waals surface area contributed by atoms with E-state index in [0.29, 0.717) is 30.0 Å². The Labute approximate surface area is 92.9 Å². The second kappa shape index (κ2) is 4.35. The molecule has 1 aliphatic rings. The van der Waals surface area contributed by atoms with Crippen molar-refractivity contribution in [2.45, 2.75) is 13.3 Å². The highest BCUT2D eigenvalue weighted by Gasteiger charge is 2.21. The summed E-state index contributed by atoms with van der Waals surface area (Å²) < 4.78 is 18.2. The molecule has 0 saturated carbocycles. The topological polar surface area (TPSA) is 38.3 Å². The van der Waals surface area contributed by atoms with Crippen molar-refractivity contribution in [1.29, 1.82) is 0 Å². The van der Waals surface area contributed by atoms with Crippen molar-refractivity contribution in [3.63, 3.8) is 0 Å². The summed E-state index contributed by atoms with van der Waals surface area (Å²) in [5.74, 6) is -0.657. The summed E-state index contributed by atoms with van der Waals surface area (Å²) in [5.41, 5.74) is 1.60. The minimum Gasteiger partial charge on any atom is -0.462 e. The Hall–Kier alpha value is -1.84. The van der Waals surface area contributed by atoms with Crippen molar-refractivity contribution in [2.75, 3.05) is 11.9 Å². The van der Waals surface area contributed by atoms with E-state index in [1.165, 1.54) is 6.07 Å². The standard InChI is InChI=1S/C12H12FNO2/c1-8(9-6-7-16-12(9)15)14-11-5-3-2-4-10(11)13/h2-5,14H,6-7H2,1H3. The number of hydrogen-bond donors (Lipinski definition) is 1. The van der Waals surface area contributed by atoms with Crippen LogP contribution in [0.15, 0.2) is 35.5 Å². The first-order chi connectivity index (χ1) is 7.68. The van der Waals surface area contributed by atoms with Crippen molar-refractivity contribution in [3.05, 3.63) is 41.4 Å². The molecule has 0 aliphatic carbocycles. The molecule has 0 unspecified atom stereocenters. The van der Waals surface area contributed by atoms with E-state index in [4.69, 9.17) is 4.74 Å². The van der Waals surface area contributed by atoms with Crippen LogP contribution >= 0.6 is 0 Å². The normalized spacial score (nSPS) is 18.2. The fraction of sp³-hybridized carbons (Fsp3) is 0.250. The summed E-state index contributed by atoms with van der Waals surface area (Å²) >= 11 is 0. The molecule has 1 fully saturated rings. The smallest absolute Gasteiger partial charge is 0.335 e. The zero-order chi connectivity index (χ0) is 11.5. The fourth-order valence-electron chi connectivity index (χ4n) is 1.62. The Bertz CT molecular complexity index is 454. The van der Waals surface area contributed by atoms with Gasteiger partial charge in [-0.1, -0.05) is 12.1 Å². The number of cyclic esters (lactones) is 1. The van der Waals surface area contributed by atoms with Crippen molar-refractivity contribution >= 4 is 11.7 Å². The molecule has 0 radical (unpaired) electrons. The third-order valence-electron chi connectivity index (χ3n) is 2.48. The first-order valence-corrected chi connectivity index (χ1v) is 5.07. The molecule has 1 saturated heterocycles. The van der Waals surface area contributed by atoms with E-state index >= 15 is 0 Å². The highest BCUT2D eigenvalue weighted by molar-refractivity contribution is 5.91.